The molecule has 0 saturated carbocycles. The Morgan fingerprint density at radius 3 is 2.39 bits per heavy atom. The third kappa shape index (κ3) is 4.12. The number of aromatic nitrogens is 1. The first-order valence-electron chi connectivity index (χ1n) is 10.8. The highest BCUT2D eigenvalue weighted by atomic mass is 16.5. The average molecular weight is 443 g/mol. The number of hydrogen-bond acceptors (Lipinski definition) is 5. The van der Waals surface area contributed by atoms with Crippen LogP contribution in [0.5, 0.6) is 5.75 Å². The van der Waals surface area contributed by atoms with Gasteiger partial charge in [-0.3, -0.25) is 19.5 Å². The molecule has 1 aliphatic rings. The minimum absolute atomic E-state index is 0.0377. The van der Waals surface area contributed by atoms with Gasteiger partial charge in [0.15, 0.2) is 0 Å². The molecule has 1 N–H and O–H groups in total. The SMILES string of the molecule is CCOc1ccc(/C(O)=C2/C(=O)C(=O)N(c3cc(C)cc(C)c3)C2c2cccnc2)cc1C. The van der Waals surface area contributed by atoms with Crippen LogP contribution in [-0.2, 0) is 9.59 Å². The Balaban J connectivity index is 1.92. The molecular weight excluding hydrogens is 416 g/mol. The van der Waals surface area contributed by atoms with Gasteiger partial charge in [0.1, 0.15) is 11.5 Å². The van der Waals surface area contributed by atoms with Gasteiger partial charge in [-0.15, -0.1) is 0 Å². The van der Waals surface area contributed by atoms with E-state index in [9.17, 15) is 14.7 Å². The average Bonchev–Trinajstić information content (AvgIpc) is 3.05. The summed E-state index contributed by atoms with van der Waals surface area (Å²) in [6.45, 7) is 8.17. The smallest absolute Gasteiger partial charge is 0.300 e. The number of nitrogens with zero attached hydrogens (tertiary/aromatic N) is 2. The summed E-state index contributed by atoms with van der Waals surface area (Å²) in [7, 11) is 0. The van der Waals surface area contributed by atoms with Crippen molar-refractivity contribution in [3.05, 3.63) is 94.3 Å². The maximum Gasteiger partial charge on any atom is 0.300 e. The number of rotatable bonds is 5. The van der Waals surface area contributed by atoms with Gasteiger partial charge < -0.3 is 9.84 Å². The van der Waals surface area contributed by atoms with E-state index in [0.717, 1.165) is 16.7 Å². The largest absolute Gasteiger partial charge is 0.507 e. The van der Waals surface area contributed by atoms with Crippen LogP contribution < -0.4 is 9.64 Å². The lowest BCUT2D eigenvalue weighted by Crippen LogP contribution is -2.29. The fraction of sp³-hybridized carbons (Fsp3) is 0.222. The van der Waals surface area contributed by atoms with Gasteiger partial charge in [-0.2, -0.15) is 0 Å². The zero-order valence-electron chi connectivity index (χ0n) is 19.1. The number of pyridine rings is 1. The fourth-order valence-corrected chi connectivity index (χ4v) is 4.31. The van der Waals surface area contributed by atoms with Crippen molar-refractivity contribution in [2.24, 2.45) is 0 Å². The van der Waals surface area contributed by atoms with Crippen molar-refractivity contribution in [3.63, 3.8) is 0 Å². The number of anilines is 1. The fourth-order valence-electron chi connectivity index (χ4n) is 4.31. The Kier molecular flexibility index (Phi) is 6.01. The van der Waals surface area contributed by atoms with E-state index in [4.69, 9.17) is 4.74 Å². The Morgan fingerprint density at radius 2 is 1.79 bits per heavy atom. The summed E-state index contributed by atoms with van der Waals surface area (Å²) in [4.78, 5) is 32.1. The number of benzene rings is 2. The summed E-state index contributed by atoms with van der Waals surface area (Å²) < 4.78 is 5.59. The molecule has 1 saturated heterocycles. The minimum atomic E-state index is -0.799. The highest BCUT2D eigenvalue weighted by Crippen LogP contribution is 2.42. The number of aliphatic hydroxyl groups excluding tert-OH is 1. The van der Waals surface area contributed by atoms with E-state index < -0.39 is 17.7 Å². The standard InChI is InChI=1S/C27H26N2O4/c1-5-33-22-9-8-19(14-18(22)4)25(30)23-24(20-7-6-10-28-15-20)29(27(32)26(23)31)21-12-16(2)11-17(3)13-21/h6-15,24,30H,5H2,1-4H3/b25-23-. The quantitative estimate of drug-likeness (QED) is 0.341. The summed E-state index contributed by atoms with van der Waals surface area (Å²) in [5.74, 6) is -0.932. The van der Waals surface area contributed by atoms with Crippen molar-refractivity contribution in [3.8, 4) is 5.75 Å². The summed E-state index contributed by atoms with van der Waals surface area (Å²) >= 11 is 0. The number of aryl methyl sites for hydroxylation is 3. The number of Topliss-reactive ketones (excluding diaryl/α,β-unsaturated/α-hetero) is 1. The number of carbonyl (C=O) groups excluding carboxylic acids is 2. The lowest BCUT2D eigenvalue weighted by atomic mass is 9.95. The van der Waals surface area contributed by atoms with Crippen LogP contribution in [0.15, 0.2) is 66.5 Å². The molecule has 1 aromatic heterocycles. The lowest BCUT2D eigenvalue weighted by molar-refractivity contribution is -0.132. The van der Waals surface area contributed by atoms with Gasteiger partial charge in [-0.25, -0.2) is 0 Å². The van der Waals surface area contributed by atoms with Crippen molar-refractivity contribution in [1.29, 1.82) is 0 Å². The molecule has 6 nitrogen and oxygen atoms in total. The van der Waals surface area contributed by atoms with Gasteiger partial charge in [0.25, 0.3) is 11.7 Å². The predicted octanol–water partition coefficient (Wildman–Crippen LogP) is 5.03. The van der Waals surface area contributed by atoms with Crippen LogP contribution in [0, 0.1) is 20.8 Å². The van der Waals surface area contributed by atoms with Gasteiger partial charge in [0.05, 0.1) is 18.2 Å². The molecule has 3 aromatic rings. The highest BCUT2D eigenvalue weighted by Gasteiger charge is 2.47. The Labute approximate surface area is 193 Å². The molecule has 33 heavy (non-hydrogen) atoms. The molecule has 6 heteroatoms. The number of hydrogen-bond donors (Lipinski definition) is 1. The lowest BCUT2D eigenvalue weighted by Gasteiger charge is -2.26. The van der Waals surface area contributed by atoms with E-state index >= 15 is 0 Å². The van der Waals surface area contributed by atoms with Crippen molar-refractivity contribution in [2.45, 2.75) is 33.7 Å². The Bertz CT molecular complexity index is 1240. The van der Waals surface area contributed by atoms with Gasteiger partial charge in [-0.05, 0) is 86.3 Å². The maximum atomic E-state index is 13.3. The van der Waals surface area contributed by atoms with E-state index in [-0.39, 0.29) is 11.3 Å². The van der Waals surface area contributed by atoms with Crippen LogP contribution >= 0.6 is 0 Å². The van der Waals surface area contributed by atoms with E-state index in [1.165, 1.54) is 4.90 Å². The second-order valence-corrected chi connectivity index (χ2v) is 8.21. The Hall–Kier alpha value is -3.93. The first-order chi connectivity index (χ1) is 15.8. The van der Waals surface area contributed by atoms with Crippen molar-refractivity contribution < 1.29 is 19.4 Å². The van der Waals surface area contributed by atoms with Gasteiger partial charge in [0.2, 0.25) is 0 Å². The second kappa shape index (κ2) is 8.90. The predicted molar refractivity (Wildman–Crippen MR) is 127 cm³/mol. The van der Waals surface area contributed by atoms with E-state index in [1.807, 2.05) is 45.9 Å². The first-order valence-corrected chi connectivity index (χ1v) is 10.8. The Morgan fingerprint density at radius 1 is 1.06 bits per heavy atom. The van der Waals surface area contributed by atoms with Crippen LogP contribution in [-0.4, -0.2) is 28.4 Å². The minimum Gasteiger partial charge on any atom is -0.507 e. The summed E-state index contributed by atoms with van der Waals surface area (Å²) in [6.07, 6.45) is 3.24. The van der Waals surface area contributed by atoms with Gasteiger partial charge in [-0.1, -0.05) is 12.1 Å². The zero-order chi connectivity index (χ0) is 23.7. The molecule has 0 bridgehead atoms. The van der Waals surface area contributed by atoms with E-state index in [1.54, 1.807) is 42.7 Å². The molecule has 2 heterocycles. The number of amides is 1. The summed E-state index contributed by atoms with van der Waals surface area (Å²) in [5.41, 5.74) is 4.49. The van der Waals surface area contributed by atoms with Crippen LogP contribution in [0.25, 0.3) is 5.76 Å². The van der Waals surface area contributed by atoms with Crippen LogP contribution in [0.3, 0.4) is 0 Å². The molecule has 1 unspecified atom stereocenters. The van der Waals surface area contributed by atoms with Crippen LogP contribution in [0.1, 0.15) is 40.8 Å². The molecule has 1 amide bonds. The van der Waals surface area contributed by atoms with Gasteiger partial charge >= 0.3 is 0 Å². The number of aliphatic hydroxyl groups is 1. The molecule has 1 fully saturated rings. The molecule has 1 aliphatic heterocycles. The normalized spacial score (nSPS) is 17.5. The third-order valence-corrected chi connectivity index (χ3v) is 5.68. The monoisotopic (exact) mass is 442 g/mol. The zero-order valence-corrected chi connectivity index (χ0v) is 19.1. The van der Waals surface area contributed by atoms with Crippen molar-refractivity contribution >= 4 is 23.1 Å². The molecule has 0 aliphatic carbocycles. The highest BCUT2D eigenvalue weighted by molar-refractivity contribution is 6.51. The van der Waals surface area contributed by atoms with E-state index in [0.29, 0.717) is 29.2 Å². The number of ether oxygens (including phenoxy) is 1. The molecule has 0 radical (unpaired) electrons. The molecule has 2 aromatic carbocycles. The molecule has 168 valence electrons. The summed E-state index contributed by atoms with van der Waals surface area (Å²) in [6, 6.07) is 13.7. The summed E-state index contributed by atoms with van der Waals surface area (Å²) in [5, 5.41) is 11.3. The van der Waals surface area contributed by atoms with Crippen LogP contribution in [0.4, 0.5) is 5.69 Å². The topological polar surface area (TPSA) is 79.7 Å². The number of ketones is 1. The number of carbonyl (C=O) groups is 2. The maximum absolute atomic E-state index is 13.3. The first kappa shape index (κ1) is 22.3. The molecule has 0 spiro atoms. The second-order valence-electron chi connectivity index (χ2n) is 8.21. The molecule has 1 atom stereocenters. The van der Waals surface area contributed by atoms with Crippen molar-refractivity contribution in [1.82, 2.24) is 4.98 Å². The van der Waals surface area contributed by atoms with Crippen molar-refractivity contribution in [2.75, 3.05) is 11.5 Å². The van der Waals surface area contributed by atoms with Crippen LogP contribution in [0.2, 0.25) is 0 Å². The third-order valence-electron chi connectivity index (χ3n) is 5.68. The van der Waals surface area contributed by atoms with Gasteiger partial charge in [0, 0.05) is 23.6 Å². The molecule has 4 rings (SSSR count). The van der Waals surface area contributed by atoms with E-state index in [2.05, 4.69) is 4.98 Å². The molecular formula is C27H26N2O4.